The van der Waals surface area contributed by atoms with E-state index >= 15 is 0 Å². The number of aryl methyl sites for hydroxylation is 1. The molecule has 1 aromatic rings. The van der Waals surface area contributed by atoms with Gasteiger partial charge >= 0.3 is 0 Å². The molecule has 2 heterocycles. The molecule has 2 atom stereocenters. The van der Waals surface area contributed by atoms with Crippen LogP contribution in [0.15, 0.2) is 22.7 Å². The topological polar surface area (TPSA) is 32.3 Å². The molecule has 2 saturated heterocycles. The molecule has 0 radical (unpaired) electrons. The summed E-state index contributed by atoms with van der Waals surface area (Å²) in [5.41, 5.74) is 1.93. The zero-order valence-electron chi connectivity index (χ0n) is 12.6. The predicted octanol–water partition coefficient (Wildman–Crippen LogP) is 3.36. The number of halogens is 1. The third kappa shape index (κ3) is 3.32. The first-order valence-electron chi connectivity index (χ1n) is 7.94. The van der Waals surface area contributed by atoms with Crippen LogP contribution in [0.1, 0.15) is 41.6 Å². The van der Waals surface area contributed by atoms with Crippen LogP contribution in [-0.4, -0.2) is 36.5 Å². The second kappa shape index (κ2) is 6.49. The molecule has 0 saturated carbocycles. The smallest absolute Gasteiger partial charge is 0.253 e. The molecule has 3 rings (SSSR count). The molecule has 4 heteroatoms. The van der Waals surface area contributed by atoms with Gasteiger partial charge in [0.15, 0.2) is 0 Å². The maximum atomic E-state index is 12.7. The van der Waals surface area contributed by atoms with Gasteiger partial charge in [0.2, 0.25) is 0 Å². The van der Waals surface area contributed by atoms with Crippen LogP contribution in [0.4, 0.5) is 0 Å². The molecule has 2 unspecified atom stereocenters. The Morgan fingerprint density at radius 2 is 2.19 bits per heavy atom. The molecule has 1 amide bonds. The maximum Gasteiger partial charge on any atom is 0.253 e. The SMILES string of the molecule is Cc1cc(C(=O)N2CCCC(C3CCCN3)C2)ccc1Br. The van der Waals surface area contributed by atoms with Gasteiger partial charge in [-0.25, -0.2) is 0 Å². The molecular formula is C17H23BrN2O. The summed E-state index contributed by atoms with van der Waals surface area (Å²) < 4.78 is 1.06. The molecule has 0 bridgehead atoms. The number of nitrogens with one attached hydrogen (secondary N) is 1. The van der Waals surface area contributed by atoms with Crippen molar-refractivity contribution in [2.75, 3.05) is 19.6 Å². The van der Waals surface area contributed by atoms with E-state index in [1.807, 2.05) is 25.1 Å². The highest BCUT2D eigenvalue weighted by Crippen LogP contribution is 2.26. The number of rotatable bonds is 2. The number of hydrogen-bond donors (Lipinski definition) is 1. The third-order valence-electron chi connectivity index (χ3n) is 4.82. The molecule has 114 valence electrons. The lowest BCUT2D eigenvalue weighted by atomic mass is 9.89. The van der Waals surface area contributed by atoms with Gasteiger partial charge in [0.05, 0.1) is 0 Å². The monoisotopic (exact) mass is 350 g/mol. The number of carbonyl (C=O) groups is 1. The van der Waals surface area contributed by atoms with Gasteiger partial charge in [-0.15, -0.1) is 0 Å². The van der Waals surface area contributed by atoms with Crippen LogP contribution < -0.4 is 5.32 Å². The van der Waals surface area contributed by atoms with E-state index in [1.54, 1.807) is 0 Å². The quantitative estimate of drug-likeness (QED) is 0.886. The number of hydrogen-bond acceptors (Lipinski definition) is 2. The van der Waals surface area contributed by atoms with Gasteiger partial charge in [-0.05, 0) is 68.8 Å². The average molecular weight is 351 g/mol. The Labute approximate surface area is 135 Å². The Bertz CT molecular complexity index is 526. The van der Waals surface area contributed by atoms with Crippen LogP contribution in [0.5, 0.6) is 0 Å². The Kier molecular flexibility index (Phi) is 4.65. The third-order valence-corrected chi connectivity index (χ3v) is 5.71. The number of benzene rings is 1. The summed E-state index contributed by atoms with van der Waals surface area (Å²) in [6, 6.07) is 6.51. The van der Waals surface area contributed by atoms with Gasteiger partial charge in [-0.2, -0.15) is 0 Å². The van der Waals surface area contributed by atoms with E-state index in [9.17, 15) is 4.79 Å². The summed E-state index contributed by atoms with van der Waals surface area (Å²) in [7, 11) is 0. The van der Waals surface area contributed by atoms with Crippen molar-refractivity contribution in [1.82, 2.24) is 10.2 Å². The van der Waals surface area contributed by atoms with Crippen LogP contribution in [0.25, 0.3) is 0 Å². The van der Waals surface area contributed by atoms with Crippen molar-refractivity contribution in [1.29, 1.82) is 0 Å². The fraction of sp³-hybridized carbons (Fsp3) is 0.588. The Morgan fingerprint density at radius 3 is 2.90 bits per heavy atom. The van der Waals surface area contributed by atoms with Gasteiger partial charge in [0.25, 0.3) is 5.91 Å². The van der Waals surface area contributed by atoms with Crippen molar-refractivity contribution in [2.24, 2.45) is 5.92 Å². The molecule has 2 aliphatic heterocycles. The zero-order valence-corrected chi connectivity index (χ0v) is 14.2. The minimum absolute atomic E-state index is 0.188. The molecule has 0 aromatic heterocycles. The number of amides is 1. The van der Waals surface area contributed by atoms with Crippen LogP contribution in [0.3, 0.4) is 0 Å². The lowest BCUT2D eigenvalue weighted by Crippen LogP contribution is -2.45. The van der Waals surface area contributed by atoms with Gasteiger partial charge in [-0.1, -0.05) is 15.9 Å². The van der Waals surface area contributed by atoms with Gasteiger partial charge in [0.1, 0.15) is 0 Å². The minimum Gasteiger partial charge on any atom is -0.338 e. The largest absolute Gasteiger partial charge is 0.338 e. The number of nitrogens with zero attached hydrogens (tertiary/aromatic N) is 1. The van der Waals surface area contributed by atoms with Gasteiger partial charge < -0.3 is 10.2 Å². The van der Waals surface area contributed by atoms with E-state index in [-0.39, 0.29) is 5.91 Å². The Morgan fingerprint density at radius 1 is 1.33 bits per heavy atom. The van der Waals surface area contributed by atoms with Crippen LogP contribution >= 0.6 is 15.9 Å². The lowest BCUT2D eigenvalue weighted by molar-refractivity contribution is 0.0651. The highest BCUT2D eigenvalue weighted by molar-refractivity contribution is 9.10. The fourth-order valence-electron chi connectivity index (χ4n) is 3.60. The normalized spacial score (nSPS) is 26.1. The van der Waals surface area contributed by atoms with Crippen molar-refractivity contribution >= 4 is 21.8 Å². The molecule has 3 nitrogen and oxygen atoms in total. The van der Waals surface area contributed by atoms with Crippen LogP contribution in [0, 0.1) is 12.8 Å². The van der Waals surface area contributed by atoms with E-state index in [0.29, 0.717) is 12.0 Å². The van der Waals surface area contributed by atoms with Gasteiger partial charge in [0, 0.05) is 29.2 Å². The zero-order chi connectivity index (χ0) is 14.8. The number of likely N-dealkylation sites (tertiary alicyclic amines) is 1. The van der Waals surface area contributed by atoms with E-state index in [2.05, 4.69) is 26.1 Å². The number of carbonyl (C=O) groups excluding carboxylic acids is 1. The molecule has 2 aliphatic rings. The van der Waals surface area contributed by atoms with E-state index in [0.717, 1.165) is 41.7 Å². The summed E-state index contributed by atoms with van der Waals surface area (Å²) in [4.78, 5) is 14.8. The lowest BCUT2D eigenvalue weighted by Gasteiger charge is -2.36. The molecule has 2 fully saturated rings. The van der Waals surface area contributed by atoms with Crippen molar-refractivity contribution < 1.29 is 4.79 Å². The van der Waals surface area contributed by atoms with Crippen molar-refractivity contribution in [3.63, 3.8) is 0 Å². The Balaban J connectivity index is 1.70. The number of piperidine rings is 1. The second-order valence-corrected chi connectivity index (χ2v) is 7.17. The summed E-state index contributed by atoms with van der Waals surface area (Å²) in [5, 5.41) is 3.60. The first kappa shape index (κ1) is 15.0. The molecule has 21 heavy (non-hydrogen) atoms. The highest BCUT2D eigenvalue weighted by Gasteiger charge is 2.31. The van der Waals surface area contributed by atoms with Crippen molar-refractivity contribution in [3.8, 4) is 0 Å². The standard InChI is InChI=1S/C17H23BrN2O/c1-12-10-13(6-7-15(12)18)17(21)20-9-3-4-14(11-20)16-5-2-8-19-16/h6-7,10,14,16,19H,2-5,8-9,11H2,1H3. The molecule has 1 N–H and O–H groups in total. The molecule has 1 aromatic carbocycles. The highest BCUT2D eigenvalue weighted by atomic mass is 79.9. The molecular weight excluding hydrogens is 328 g/mol. The van der Waals surface area contributed by atoms with E-state index in [1.165, 1.54) is 19.3 Å². The summed E-state index contributed by atoms with van der Waals surface area (Å²) in [5.74, 6) is 0.815. The average Bonchev–Trinajstić information content (AvgIpc) is 3.04. The van der Waals surface area contributed by atoms with E-state index < -0.39 is 0 Å². The maximum absolute atomic E-state index is 12.7. The molecule has 0 spiro atoms. The fourth-order valence-corrected chi connectivity index (χ4v) is 3.84. The molecule has 0 aliphatic carbocycles. The first-order chi connectivity index (χ1) is 10.1. The second-order valence-electron chi connectivity index (χ2n) is 6.32. The van der Waals surface area contributed by atoms with Crippen LogP contribution in [-0.2, 0) is 0 Å². The van der Waals surface area contributed by atoms with Crippen molar-refractivity contribution in [3.05, 3.63) is 33.8 Å². The summed E-state index contributed by atoms with van der Waals surface area (Å²) >= 11 is 3.50. The minimum atomic E-state index is 0.188. The predicted molar refractivity (Wildman–Crippen MR) is 88.5 cm³/mol. The van der Waals surface area contributed by atoms with Gasteiger partial charge in [-0.3, -0.25) is 4.79 Å². The van der Waals surface area contributed by atoms with E-state index in [4.69, 9.17) is 0 Å². The van der Waals surface area contributed by atoms with Crippen LogP contribution in [0.2, 0.25) is 0 Å². The summed E-state index contributed by atoms with van der Waals surface area (Å²) in [6.45, 7) is 4.98. The first-order valence-corrected chi connectivity index (χ1v) is 8.73. The Hall–Kier alpha value is -0.870. The van der Waals surface area contributed by atoms with Crippen molar-refractivity contribution in [2.45, 2.75) is 38.6 Å². The summed E-state index contributed by atoms with van der Waals surface area (Å²) in [6.07, 6.45) is 4.93.